The highest BCUT2D eigenvalue weighted by molar-refractivity contribution is 7.17. The van der Waals surface area contributed by atoms with E-state index >= 15 is 0 Å². The normalized spacial score (nSPS) is 14.3. The Balaban J connectivity index is 1.27. The Morgan fingerprint density at radius 2 is 1.78 bits per heavy atom. The van der Waals surface area contributed by atoms with Gasteiger partial charge >= 0.3 is 0 Å². The first-order valence-corrected chi connectivity index (χ1v) is 15.3. The second-order valence-electron chi connectivity index (χ2n) is 11.1. The molecule has 0 amide bonds. The summed E-state index contributed by atoms with van der Waals surface area (Å²) in [6.07, 6.45) is 6.79. The molecule has 1 aliphatic rings. The number of aromatic amines is 2. The number of hydrogen-bond donors (Lipinski definition) is 2. The van der Waals surface area contributed by atoms with Crippen LogP contribution in [0.5, 0.6) is 0 Å². The van der Waals surface area contributed by atoms with Crippen LogP contribution in [0.25, 0.3) is 54.9 Å². The van der Waals surface area contributed by atoms with Gasteiger partial charge in [-0.15, -0.1) is 11.3 Å². The number of carbonyl (C=O) groups excluding carboxylic acids is 1. The summed E-state index contributed by atoms with van der Waals surface area (Å²) in [5, 5.41) is 10.0. The van der Waals surface area contributed by atoms with Crippen molar-refractivity contribution in [3.63, 3.8) is 0 Å². The number of likely N-dealkylation sites (tertiary alicyclic amines) is 1. The predicted molar refractivity (Wildman–Crippen MR) is 168 cm³/mol. The van der Waals surface area contributed by atoms with E-state index in [2.05, 4.69) is 69.4 Å². The molecule has 7 heteroatoms. The molecule has 41 heavy (non-hydrogen) atoms. The topological polar surface area (TPSA) is 77.7 Å². The number of H-pyrrole nitrogens is 2. The fourth-order valence-electron chi connectivity index (χ4n) is 6.04. The van der Waals surface area contributed by atoms with Crippen LogP contribution >= 0.6 is 11.3 Å². The summed E-state index contributed by atoms with van der Waals surface area (Å²) >= 11 is 1.52. The summed E-state index contributed by atoms with van der Waals surface area (Å²) in [4.78, 5) is 24.4. The molecule has 1 saturated heterocycles. The van der Waals surface area contributed by atoms with Gasteiger partial charge in [-0.25, -0.2) is 4.98 Å². The molecule has 0 bridgehead atoms. The highest BCUT2D eigenvalue weighted by atomic mass is 32.1. The number of nitrogens with one attached hydrogen (secondary N) is 2. The van der Waals surface area contributed by atoms with Crippen molar-refractivity contribution in [3.05, 3.63) is 82.9 Å². The van der Waals surface area contributed by atoms with E-state index in [0.29, 0.717) is 0 Å². The first-order valence-electron chi connectivity index (χ1n) is 14.5. The third-order valence-electron chi connectivity index (χ3n) is 8.22. The van der Waals surface area contributed by atoms with Crippen LogP contribution in [-0.4, -0.2) is 43.9 Å². The van der Waals surface area contributed by atoms with E-state index in [1.807, 2.05) is 24.4 Å². The number of ketones is 1. The molecule has 0 unspecified atom stereocenters. The van der Waals surface area contributed by atoms with E-state index in [4.69, 9.17) is 5.10 Å². The SMILES string of the molecule is CCc1cc(CN2CCCCC2)cc(-c2ccc3[nH]nc(-c4cc5c(-c6ccc(C(C)=O)s6)ccnc5[nH]4)c3c2)c1. The van der Waals surface area contributed by atoms with Crippen LogP contribution in [0.1, 0.15) is 53.9 Å². The smallest absolute Gasteiger partial charge is 0.169 e. The third kappa shape index (κ3) is 5.00. The van der Waals surface area contributed by atoms with E-state index in [1.165, 1.54) is 65.9 Å². The Morgan fingerprint density at radius 1 is 0.927 bits per heavy atom. The zero-order chi connectivity index (χ0) is 27.9. The van der Waals surface area contributed by atoms with Gasteiger partial charge in [0.15, 0.2) is 5.78 Å². The standard InChI is InChI=1S/C34H33N5OS/c1-3-22-15-23(20-39-13-5-4-6-14-39)17-25(16-22)24-7-8-29-28(18-24)33(38-37-29)30-19-27-26(11-12-35-34(27)36-30)32-10-9-31(41-32)21(2)40/h7-12,15-19H,3-6,13-14,20H2,1-2H3,(H,35,36)(H,37,38). The number of Topliss-reactive ketones (excluding diaryl/α,β-unsaturated/α-hetero) is 1. The van der Waals surface area contributed by atoms with Gasteiger partial charge < -0.3 is 4.98 Å². The summed E-state index contributed by atoms with van der Waals surface area (Å²) in [7, 11) is 0. The number of carbonyl (C=O) groups is 1. The number of aryl methyl sites for hydroxylation is 1. The maximum atomic E-state index is 11.9. The summed E-state index contributed by atoms with van der Waals surface area (Å²) in [5.41, 5.74) is 9.88. The number of piperidine rings is 1. The highest BCUT2D eigenvalue weighted by Gasteiger charge is 2.17. The minimum Gasteiger partial charge on any atom is -0.338 e. The van der Waals surface area contributed by atoms with Gasteiger partial charge in [-0.3, -0.25) is 14.8 Å². The minimum atomic E-state index is 0.0863. The average molecular weight is 560 g/mol. The van der Waals surface area contributed by atoms with Crippen LogP contribution in [0.15, 0.2) is 66.9 Å². The Kier molecular flexibility index (Phi) is 6.77. The molecule has 2 aromatic carbocycles. The Hall–Kier alpha value is -4.07. The van der Waals surface area contributed by atoms with Gasteiger partial charge in [-0.2, -0.15) is 5.10 Å². The van der Waals surface area contributed by atoms with Gasteiger partial charge in [-0.05, 0) is 104 Å². The number of thiophene rings is 1. The molecule has 0 radical (unpaired) electrons. The van der Waals surface area contributed by atoms with Gasteiger partial charge in [0.2, 0.25) is 0 Å². The molecule has 0 spiro atoms. The number of fused-ring (bicyclic) bond motifs is 2. The first kappa shape index (κ1) is 25.9. The van der Waals surface area contributed by atoms with E-state index < -0.39 is 0 Å². The molecule has 5 heterocycles. The van der Waals surface area contributed by atoms with Crippen LogP contribution in [0.3, 0.4) is 0 Å². The Labute approximate surface area is 243 Å². The van der Waals surface area contributed by atoms with Gasteiger partial charge in [0, 0.05) is 34.0 Å². The Bertz CT molecular complexity index is 1890. The van der Waals surface area contributed by atoms with Crippen LogP contribution in [0, 0.1) is 0 Å². The summed E-state index contributed by atoms with van der Waals surface area (Å²) in [6.45, 7) is 7.25. The lowest BCUT2D eigenvalue weighted by Crippen LogP contribution is -2.29. The van der Waals surface area contributed by atoms with Crippen molar-refractivity contribution in [2.45, 2.75) is 46.1 Å². The van der Waals surface area contributed by atoms with Gasteiger partial charge in [0.25, 0.3) is 0 Å². The van der Waals surface area contributed by atoms with Crippen LogP contribution in [-0.2, 0) is 13.0 Å². The maximum absolute atomic E-state index is 11.9. The molecule has 206 valence electrons. The largest absolute Gasteiger partial charge is 0.338 e. The molecular weight excluding hydrogens is 526 g/mol. The molecule has 2 N–H and O–H groups in total. The number of aromatic nitrogens is 4. The number of rotatable bonds is 7. The first-order chi connectivity index (χ1) is 20.1. The molecule has 1 aliphatic heterocycles. The van der Waals surface area contributed by atoms with Crippen LogP contribution in [0.4, 0.5) is 0 Å². The van der Waals surface area contributed by atoms with E-state index in [1.54, 1.807) is 6.92 Å². The second kappa shape index (κ2) is 10.7. The fourth-order valence-corrected chi connectivity index (χ4v) is 6.98. The van der Waals surface area contributed by atoms with Crippen LogP contribution in [0.2, 0.25) is 0 Å². The quantitative estimate of drug-likeness (QED) is 0.193. The molecule has 6 nitrogen and oxygen atoms in total. The molecule has 7 rings (SSSR count). The molecule has 6 aromatic rings. The van der Waals surface area contributed by atoms with E-state index in [0.717, 1.165) is 61.6 Å². The lowest BCUT2D eigenvalue weighted by atomic mass is 9.96. The minimum absolute atomic E-state index is 0.0863. The number of pyridine rings is 1. The van der Waals surface area contributed by atoms with E-state index in [-0.39, 0.29) is 5.78 Å². The second-order valence-corrected chi connectivity index (χ2v) is 12.2. The zero-order valence-corrected chi connectivity index (χ0v) is 24.3. The lowest BCUT2D eigenvalue weighted by Gasteiger charge is -2.26. The molecule has 1 fully saturated rings. The van der Waals surface area contributed by atoms with Crippen molar-refractivity contribution in [2.24, 2.45) is 0 Å². The van der Waals surface area contributed by atoms with Gasteiger partial charge in [-0.1, -0.05) is 31.5 Å². The highest BCUT2D eigenvalue weighted by Crippen LogP contribution is 2.37. The van der Waals surface area contributed by atoms with Crippen molar-refractivity contribution in [2.75, 3.05) is 13.1 Å². The van der Waals surface area contributed by atoms with Gasteiger partial charge in [0.05, 0.1) is 16.1 Å². The number of hydrogen-bond acceptors (Lipinski definition) is 5. The average Bonchev–Trinajstić information content (AvgIpc) is 3.75. The molecule has 0 atom stereocenters. The molecule has 4 aromatic heterocycles. The zero-order valence-electron chi connectivity index (χ0n) is 23.5. The molecular formula is C34H33N5OS. The third-order valence-corrected chi connectivity index (χ3v) is 9.44. The predicted octanol–water partition coefficient (Wildman–Crippen LogP) is 8.25. The number of benzene rings is 2. The number of nitrogens with zero attached hydrogens (tertiary/aromatic N) is 3. The van der Waals surface area contributed by atoms with Crippen molar-refractivity contribution in [1.29, 1.82) is 0 Å². The Morgan fingerprint density at radius 3 is 2.59 bits per heavy atom. The molecule has 0 saturated carbocycles. The van der Waals surface area contributed by atoms with Crippen molar-refractivity contribution in [1.82, 2.24) is 25.1 Å². The van der Waals surface area contributed by atoms with E-state index in [9.17, 15) is 4.79 Å². The lowest BCUT2D eigenvalue weighted by molar-refractivity contribution is 0.102. The fraction of sp³-hybridized carbons (Fsp3) is 0.265. The van der Waals surface area contributed by atoms with Gasteiger partial charge in [0.1, 0.15) is 11.3 Å². The summed E-state index contributed by atoms with van der Waals surface area (Å²) < 4.78 is 0. The monoisotopic (exact) mass is 559 g/mol. The van der Waals surface area contributed by atoms with Crippen LogP contribution < -0.4 is 0 Å². The summed E-state index contributed by atoms with van der Waals surface area (Å²) in [5.74, 6) is 0.0863. The summed E-state index contributed by atoms with van der Waals surface area (Å²) in [6, 6.07) is 21.7. The maximum Gasteiger partial charge on any atom is 0.169 e. The van der Waals surface area contributed by atoms with Crippen molar-refractivity contribution in [3.8, 4) is 33.0 Å². The van der Waals surface area contributed by atoms with Crippen molar-refractivity contribution < 1.29 is 4.79 Å². The molecule has 0 aliphatic carbocycles. The van der Waals surface area contributed by atoms with Crippen molar-refractivity contribution >= 4 is 39.1 Å².